The Morgan fingerprint density at radius 2 is 0.566 bits per heavy atom. The van der Waals surface area contributed by atoms with E-state index in [0.29, 0.717) is 36.5 Å². The Balaban J connectivity index is 0.000000568. The van der Waals surface area contributed by atoms with E-state index in [1.54, 1.807) is 164 Å². The lowest BCUT2D eigenvalue weighted by Crippen LogP contribution is -2.30. The van der Waals surface area contributed by atoms with Crippen LogP contribution >= 0.6 is 81.5 Å². The Hall–Kier alpha value is -7.86. The number of anilines is 5. The predicted octanol–water partition coefficient (Wildman–Crippen LogP) is 16.6. The van der Waals surface area contributed by atoms with Crippen molar-refractivity contribution < 1.29 is 43.2 Å². The van der Waals surface area contributed by atoms with E-state index in [1.807, 2.05) is 23.6 Å². The first-order chi connectivity index (χ1) is 47.0. The number of aromatic nitrogens is 2. The molecule has 0 radical (unpaired) electrons. The number of hydroxylamine groups is 4. The van der Waals surface area contributed by atoms with Crippen LogP contribution in [0.4, 0.5) is 62.0 Å². The molecule has 6 aromatic rings. The Morgan fingerprint density at radius 3 is 0.737 bits per heavy atom. The first kappa shape index (κ1) is 89.2. The molecule has 0 atom stereocenters. The van der Waals surface area contributed by atoms with Gasteiger partial charge in [-0.3, -0.25) is 39.1 Å². The quantitative estimate of drug-likeness (QED) is 0.0664. The number of halogens is 5. The summed E-state index contributed by atoms with van der Waals surface area (Å²) < 4.78 is 0. The van der Waals surface area contributed by atoms with Crippen LogP contribution in [-0.2, 0) is 9.68 Å². The number of urea groups is 5. The highest BCUT2D eigenvalue weighted by Gasteiger charge is 2.16. The van der Waals surface area contributed by atoms with Crippen molar-refractivity contribution in [2.24, 2.45) is 0 Å². The van der Waals surface area contributed by atoms with E-state index in [1.165, 1.54) is 130 Å². The van der Waals surface area contributed by atoms with Crippen molar-refractivity contribution in [1.29, 1.82) is 0 Å². The molecule has 8 rings (SSSR count). The summed E-state index contributed by atoms with van der Waals surface area (Å²) in [5, 5.41) is 23.5. The van der Waals surface area contributed by atoms with Crippen LogP contribution in [0.2, 0.25) is 25.1 Å². The van der Waals surface area contributed by atoms with Crippen LogP contribution < -0.4 is 37.7 Å². The molecule has 544 valence electrons. The summed E-state index contributed by atoms with van der Waals surface area (Å²) in [6.45, 7) is 7.97. The van der Waals surface area contributed by atoms with Gasteiger partial charge >= 0.3 is 30.2 Å². The predicted molar refractivity (Wildman–Crippen MR) is 408 cm³/mol. The fourth-order valence-electron chi connectivity index (χ4n) is 7.24. The molecule has 0 unspecified atom stereocenters. The lowest BCUT2D eigenvalue weighted by molar-refractivity contribution is -0.0598. The molecular formula is C67H93Cl5N14O11S2. The van der Waals surface area contributed by atoms with Gasteiger partial charge in [0.15, 0.2) is 0 Å². The number of thioether (sulfide) groups is 2. The molecule has 7 N–H and O–H groups in total. The normalized spacial score (nSPS) is 11.8. The van der Waals surface area contributed by atoms with E-state index < -0.39 is 0 Å². The molecule has 99 heavy (non-hydrogen) atoms. The molecule has 0 bridgehead atoms. The van der Waals surface area contributed by atoms with Crippen LogP contribution in [-0.4, -0.2) is 194 Å². The van der Waals surface area contributed by atoms with Crippen molar-refractivity contribution in [2.45, 2.75) is 65.2 Å². The molecule has 2 saturated heterocycles. The molecule has 2 aliphatic rings. The molecule has 12 amide bonds. The second-order valence-corrected chi connectivity index (χ2v) is 25.9. The molecule has 0 aliphatic carbocycles. The summed E-state index contributed by atoms with van der Waals surface area (Å²) in [6, 6.07) is 35.7. The SMILES string of the molecule is CCSC(=O)N1CCCCCC1.CCSC(=O)N1CCCCCC1.CN(C)C(=O)Nc1ccc(Cl)cc1.CN(C)C(=O)Nc1ccc(Cl)cc1.CN(C)C(=O)Nc1ccc(Cl)cc1.CON(C)C(=O)Nc1ccc(Cl)cc1.CON(C)C(=O)Nc1ccc(Cl)cc1.O=c1ccc(=O)[nH][nH]1. The van der Waals surface area contributed by atoms with Crippen LogP contribution in [0.5, 0.6) is 0 Å². The van der Waals surface area contributed by atoms with Gasteiger partial charge in [0.1, 0.15) is 0 Å². The van der Waals surface area contributed by atoms with E-state index in [0.717, 1.165) is 64.9 Å². The van der Waals surface area contributed by atoms with Gasteiger partial charge in [-0.05, 0) is 159 Å². The Bertz CT molecular complexity index is 3100. The summed E-state index contributed by atoms with van der Waals surface area (Å²) in [5.41, 5.74) is 2.95. The van der Waals surface area contributed by atoms with Crippen molar-refractivity contribution >= 4 is 151 Å². The third-order valence-electron chi connectivity index (χ3n) is 12.8. The second-order valence-electron chi connectivity index (χ2n) is 21.2. The lowest BCUT2D eigenvalue weighted by atomic mass is 10.2. The van der Waals surface area contributed by atoms with Crippen molar-refractivity contribution in [3.63, 3.8) is 0 Å². The fourth-order valence-corrected chi connectivity index (χ4v) is 9.09. The number of hydrogen-bond acceptors (Lipinski definition) is 13. The number of nitrogens with zero attached hydrogens (tertiary/aromatic N) is 7. The van der Waals surface area contributed by atoms with Gasteiger partial charge in [0, 0.05) is 148 Å². The number of rotatable bonds is 9. The van der Waals surface area contributed by atoms with Gasteiger partial charge in [-0.1, -0.05) is 121 Å². The topological polar surface area (TPSA) is 286 Å². The van der Waals surface area contributed by atoms with Crippen LogP contribution in [0, 0.1) is 0 Å². The van der Waals surface area contributed by atoms with E-state index in [2.05, 4.69) is 36.8 Å². The van der Waals surface area contributed by atoms with Crippen LogP contribution in [0.3, 0.4) is 0 Å². The summed E-state index contributed by atoms with van der Waals surface area (Å²) >= 11 is 31.3. The molecular weight excluding hydrogens is 1420 g/mol. The second kappa shape index (κ2) is 52.2. The molecule has 32 heteroatoms. The molecule has 0 spiro atoms. The molecule has 1 aromatic heterocycles. The number of carbonyl (C=O) groups excluding carboxylic acids is 7. The number of nitrogens with one attached hydrogen (secondary N) is 7. The first-order valence-electron chi connectivity index (χ1n) is 31.0. The monoisotopic (exact) mass is 1510 g/mol. The van der Waals surface area contributed by atoms with E-state index in [4.69, 9.17) is 67.7 Å². The van der Waals surface area contributed by atoms with Crippen molar-refractivity contribution in [1.82, 2.24) is 44.8 Å². The largest absolute Gasteiger partial charge is 0.345 e. The highest BCUT2D eigenvalue weighted by Crippen LogP contribution is 2.20. The minimum absolute atomic E-state index is 0.151. The minimum Gasteiger partial charge on any atom is -0.334 e. The van der Waals surface area contributed by atoms with E-state index in [9.17, 15) is 43.2 Å². The van der Waals surface area contributed by atoms with E-state index in [-0.39, 0.29) is 51.8 Å². The average molecular weight is 1510 g/mol. The van der Waals surface area contributed by atoms with Gasteiger partial charge in [-0.15, -0.1) is 0 Å². The Kier molecular flexibility index (Phi) is 47.0. The highest BCUT2D eigenvalue weighted by atomic mass is 35.5. The Labute approximate surface area is 614 Å². The van der Waals surface area contributed by atoms with Crippen molar-refractivity contribution in [3.8, 4) is 0 Å². The summed E-state index contributed by atoms with van der Waals surface area (Å²) in [5.74, 6) is 1.80. The van der Waals surface area contributed by atoms with Gasteiger partial charge < -0.3 is 51.1 Å². The number of benzene rings is 5. The maximum atomic E-state index is 11.4. The van der Waals surface area contributed by atoms with Crippen molar-refractivity contribution in [3.05, 3.63) is 179 Å². The third-order valence-corrected chi connectivity index (χ3v) is 15.6. The van der Waals surface area contributed by atoms with Gasteiger partial charge in [0.2, 0.25) is 0 Å². The number of amides is 12. The number of H-pyrrole nitrogens is 2. The molecule has 25 nitrogen and oxygen atoms in total. The zero-order valence-corrected chi connectivity index (χ0v) is 63.3. The zero-order chi connectivity index (χ0) is 74.2. The zero-order valence-electron chi connectivity index (χ0n) is 57.9. The molecule has 2 aliphatic heterocycles. The maximum Gasteiger partial charge on any atom is 0.345 e. The maximum absolute atomic E-state index is 11.4. The first-order valence-corrected chi connectivity index (χ1v) is 34.9. The summed E-state index contributed by atoms with van der Waals surface area (Å²) in [4.78, 5) is 117. The van der Waals surface area contributed by atoms with Gasteiger partial charge in [0.05, 0.1) is 14.2 Å². The van der Waals surface area contributed by atoms with E-state index >= 15 is 0 Å². The van der Waals surface area contributed by atoms with Crippen LogP contribution in [0.15, 0.2) is 143 Å². The number of likely N-dealkylation sites (tertiary alicyclic amines) is 2. The number of aromatic amines is 2. The Morgan fingerprint density at radius 1 is 0.364 bits per heavy atom. The number of carbonyl (C=O) groups is 7. The highest BCUT2D eigenvalue weighted by molar-refractivity contribution is 8.13. The summed E-state index contributed by atoms with van der Waals surface area (Å²) in [7, 11) is 16.0. The smallest absolute Gasteiger partial charge is 0.334 e. The molecule has 5 aromatic carbocycles. The standard InChI is InChI=1S/2C9H11ClN2O2.3C9H11ClN2O.2C9H17NOS.C4H4N2O2/c2*1-12(14-2)9(13)11-8-5-3-7(10)4-6-8;3*1-12(2)9(13)11-8-5-3-7(10)4-6-8;2*1-2-12-9(11)10-7-5-3-4-6-8-10;7-3-1-2-4(8)6-5-3/h2*3-6H,1-2H3,(H,11,13);3*3-6H,1-2H3,(H,11,13);2*2-8H2,1H3;1-2H,(H,5,7)(H,6,8). The third kappa shape index (κ3) is 42.6. The van der Waals surface area contributed by atoms with Gasteiger partial charge in [-0.25, -0.2) is 34.1 Å². The average Bonchev–Trinajstić information content (AvgIpc) is 2.86. The lowest BCUT2D eigenvalue weighted by Gasteiger charge is -2.18. The molecule has 0 saturated carbocycles. The minimum atomic E-state index is -0.338. The van der Waals surface area contributed by atoms with Gasteiger partial charge in [0.25, 0.3) is 21.6 Å². The van der Waals surface area contributed by atoms with Crippen LogP contribution in [0.1, 0.15) is 65.2 Å². The van der Waals surface area contributed by atoms with Crippen LogP contribution in [0.25, 0.3) is 0 Å². The van der Waals surface area contributed by atoms with Gasteiger partial charge in [-0.2, -0.15) is 0 Å². The fraction of sp³-hybridized carbons (Fsp3) is 0.388. The summed E-state index contributed by atoms with van der Waals surface area (Å²) in [6.07, 6.45) is 9.93. The number of hydrogen-bond donors (Lipinski definition) is 7. The van der Waals surface area contributed by atoms with Crippen molar-refractivity contribution in [2.75, 3.05) is 135 Å². The molecule has 2 fully saturated rings. The molecule has 3 heterocycles.